The summed E-state index contributed by atoms with van der Waals surface area (Å²) in [7, 11) is 0. The number of rotatable bonds is 0. The van der Waals surface area contributed by atoms with Crippen LogP contribution in [0, 0.1) is 11.8 Å². The second-order valence-corrected chi connectivity index (χ2v) is 7.45. The van der Waals surface area contributed by atoms with E-state index in [0.29, 0.717) is 21.4 Å². The Bertz CT molecular complexity index is 457. The van der Waals surface area contributed by atoms with Gasteiger partial charge in [0.05, 0.1) is 0 Å². The highest BCUT2D eigenvalue weighted by atomic mass is 79.9. The first kappa shape index (κ1) is 11.9. The summed E-state index contributed by atoms with van der Waals surface area (Å²) in [6, 6.07) is 8.09. The minimum Gasteiger partial charge on any atom is -0.294 e. The number of halogens is 2. The van der Waals surface area contributed by atoms with Gasteiger partial charge in [-0.3, -0.25) is 4.79 Å². The molecule has 0 bridgehead atoms. The van der Waals surface area contributed by atoms with E-state index in [1.54, 1.807) is 0 Å². The standard InChI is InChI=1S/C14H14Br2O/c15-12-6-9-5-8-3-1-2-4-10(8)14(17)11(9)7-13(12)16/h1-4,9,11-13H,5-7H2/t9-,11+,12+,13-/m1/s1. The Balaban J connectivity index is 1.97. The highest BCUT2D eigenvalue weighted by Gasteiger charge is 2.42. The second kappa shape index (κ2) is 4.51. The van der Waals surface area contributed by atoms with Crippen molar-refractivity contribution in [3.8, 4) is 0 Å². The van der Waals surface area contributed by atoms with Gasteiger partial charge in [-0.05, 0) is 30.7 Å². The van der Waals surface area contributed by atoms with Gasteiger partial charge in [0.1, 0.15) is 0 Å². The Hall–Kier alpha value is -0.150. The van der Waals surface area contributed by atoms with E-state index in [1.807, 2.05) is 18.2 Å². The molecule has 1 saturated carbocycles. The van der Waals surface area contributed by atoms with Crippen LogP contribution < -0.4 is 0 Å². The molecule has 1 fully saturated rings. The smallest absolute Gasteiger partial charge is 0.166 e. The van der Waals surface area contributed by atoms with Crippen molar-refractivity contribution in [2.24, 2.45) is 11.8 Å². The zero-order valence-corrected chi connectivity index (χ0v) is 12.6. The summed E-state index contributed by atoms with van der Waals surface area (Å²) < 4.78 is 0. The van der Waals surface area contributed by atoms with Gasteiger partial charge in [0.15, 0.2) is 5.78 Å². The molecule has 3 rings (SSSR count). The van der Waals surface area contributed by atoms with Crippen molar-refractivity contribution < 1.29 is 4.79 Å². The zero-order valence-electron chi connectivity index (χ0n) is 9.40. The van der Waals surface area contributed by atoms with Crippen LogP contribution >= 0.6 is 31.9 Å². The van der Waals surface area contributed by atoms with E-state index in [2.05, 4.69) is 37.9 Å². The van der Waals surface area contributed by atoms with Crippen LogP contribution in [0.3, 0.4) is 0 Å². The topological polar surface area (TPSA) is 17.1 Å². The highest BCUT2D eigenvalue weighted by molar-refractivity contribution is 9.12. The quantitative estimate of drug-likeness (QED) is 0.642. The maximum Gasteiger partial charge on any atom is 0.166 e. The van der Waals surface area contributed by atoms with Gasteiger partial charge in [-0.2, -0.15) is 0 Å². The number of alkyl halides is 2. The summed E-state index contributed by atoms with van der Waals surface area (Å²) in [6.45, 7) is 0. The molecule has 0 amide bonds. The van der Waals surface area contributed by atoms with Gasteiger partial charge >= 0.3 is 0 Å². The molecule has 4 atom stereocenters. The van der Waals surface area contributed by atoms with Crippen molar-refractivity contribution in [2.75, 3.05) is 0 Å². The lowest BCUT2D eigenvalue weighted by Gasteiger charge is -2.39. The van der Waals surface area contributed by atoms with Crippen molar-refractivity contribution in [2.45, 2.75) is 28.9 Å². The van der Waals surface area contributed by atoms with E-state index in [1.165, 1.54) is 5.56 Å². The first-order chi connectivity index (χ1) is 8.16. The molecule has 0 N–H and O–H groups in total. The summed E-state index contributed by atoms with van der Waals surface area (Å²) >= 11 is 7.40. The van der Waals surface area contributed by atoms with Crippen LogP contribution in [0.25, 0.3) is 0 Å². The second-order valence-electron chi connectivity index (χ2n) is 5.10. The molecule has 0 radical (unpaired) electrons. The van der Waals surface area contributed by atoms with Crippen molar-refractivity contribution in [3.63, 3.8) is 0 Å². The molecule has 1 aromatic carbocycles. The largest absolute Gasteiger partial charge is 0.294 e. The number of Topliss-reactive ketones (excluding diaryl/α,β-unsaturated/α-hetero) is 1. The number of fused-ring (bicyclic) bond motifs is 2. The van der Waals surface area contributed by atoms with Gasteiger partial charge in [-0.25, -0.2) is 0 Å². The molecular weight excluding hydrogens is 344 g/mol. The highest BCUT2D eigenvalue weighted by Crippen LogP contribution is 2.43. The fourth-order valence-electron chi connectivity index (χ4n) is 3.15. The molecule has 1 aromatic rings. The first-order valence-corrected chi connectivity index (χ1v) is 7.90. The molecule has 0 aliphatic heterocycles. The van der Waals surface area contributed by atoms with Crippen molar-refractivity contribution in [1.82, 2.24) is 0 Å². The van der Waals surface area contributed by atoms with E-state index in [-0.39, 0.29) is 5.92 Å². The molecule has 1 nitrogen and oxygen atoms in total. The summed E-state index contributed by atoms with van der Waals surface area (Å²) in [4.78, 5) is 13.4. The van der Waals surface area contributed by atoms with Gasteiger partial charge in [-0.1, -0.05) is 56.1 Å². The van der Waals surface area contributed by atoms with Crippen LogP contribution in [0.1, 0.15) is 28.8 Å². The van der Waals surface area contributed by atoms with Crippen LogP contribution in [0.5, 0.6) is 0 Å². The minimum atomic E-state index is 0.225. The molecule has 0 spiro atoms. The van der Waals surface area contributed by atoms with Gasteiger partial charge in [0.2, 0.25) is 0 Å². The number of hydrogen-bond acceptors (Lipinski definition) is 1. The number of benzene rings is 1. The number of carbonyl (C=O) groups is 1. The third kappa shape index (κ3) is 2.01. The molecule has 90 valence electrons. The van der Waals surface area contributed by atoms with E-state index < -0.39 is 0 Å². The van der Waals surface area contributed by atoms with Crippen molar-refractivity contribution in [1.29, 1.82) is 0 Å². The van der Waals surface area contributed by atoms with E-state index in [4.69, 9.17) is 0 Å². The predicted octanol–water partition coefficient (Wildman–Crippen LogP) is 3.98. The normalized spacial score (nSPS) is 36.2. The van der Waals surface area contributed by atoms with E-state index >= 15 is 0 Å². The van der Waals surface area contributed by atoms with Crippen LogP contribution in [-0.4, -0.2) is 15.4 Å². The zero-order chi connectivity index (χ0) is 12.0. The monoisotopic (exact) mass is 356 g/mol. The Kier molecular flexibility index (Phi) is 3.16. The van der Waals surface area contributed by atoms with Crippen LogP contribution in [0.2, 0.25) is 0 Å². The third-order valence-electron chi connectivity index (χ3n) is 4.07. The number of ketones is 1. The molecule has 0 saturated heterocycles. The van der Waals surface area contributed by atoms with E-state index in [9.17, 15) is 4.79 Å². The molecule has 0 heterocycles. The maximum absolute atomic E-state index is 12.5. The Morgan fingerprint density at radius 1 is 1.06 bits per heavy atom. The van der Waals surface area contributed by atoms with Crippen LogP contribution in [-0.2, 0) is 6.42 Å². The van der Waals surface area contributed by atoms with Gasteiger partial charge < -0.3 is 0 Å². The van der Waals surface area contributed by atoms with Crippen LogP contribution in [0.15, 0.2) is 24.3 Å². The Morgan fingerprint density at radius 2 is 1.76 bits per heavy atom. The predicted molar refractivity (Wildman–Crippen MR) is 76.1 cm³/mol. The summed E-state index contributed by atoms with van der Waals surface area (Å²) in [5.74, 6) is 1.11. The van der Waals surface area contributed by atoms with Gasteiger partial charge in [0.25, 0.3) is 0 Å². The molecule has 0 aromatic heterocycles. The Labute approximate surface area is 118 Å². The summed E-state index contributed by atoms with van der Waals surface area (Å²) in [6.07, 6.45) is 3.13. The number of hydrogen-bond donors (Lipinski definition) is 0. The molecule has 2 aliphatic carbocycles. The van der Waals surface area contributed by atoms with Crippen LogP contribution in [0.4, 0.5) is 0 Å². The average Bonchev–Trinajstić information content (AvgIpc) is 2.32. The maximum atomic E-state index is 12.5. The van der Waals surface area contributed by atoms with Gasteiger partial charge in [-0.15, -0.1) is 0 Å². The molecule has 3 heteroatoms. The van der Waals surface area contributed by atoms with E-state index in [0.717, 1.165) is 24.8 Å². The average molecular weight is 358 g/mol. The summed E-state index contributed by atoms with van der Waals surface area (Å²) in [5, 5.41) is 0. The lowest BCUT2D eigenvalue weighted by Crippen LogP contribution is -2.41. The molecule has 2 aliphatic rings. The van der Waals surface area contributed by atoms with Crippen molar-refractivity contribution in [3.05, 3.63) is 35.4 Å². The Morgan fingerprint density at radius 3 is 2.59 bits per heavy atom. The summed E-state index contributed by atoms with van der Waals surface area (Å²) in [5.41, 5.74) is 2.20. The molecule has 0 unspecified atom stereocenters. The van der Waals surface area contributed by atoms with Gasteiger partial charge in [0, 0.05) is 21.1 Å². The fourth-order valence-corrected chi connectivity index (χ4v) is 4.47. The first-order valence-electron chi connectivity index (χ1n) is 6.07. The lowest BCUT2D eigenvalue weighted by atomic mass is 9.68. The molecule has 17 heavy (non-hydrogen) atoms. The third-order valence-corrected chi connectivity index (χ3v) is 6.80. The molecular formula is C14H14Br2O. The SMILES string of the molecule is O=C1c2ccccc2C[C@@H]2C[C@H](Br)[C@H](Br)C[C@H]12. The lowest BCUT2D eigenvalue weighted by molar-refractivity contribution is 0.0810. The number of carbonyl (C=O) groups excluding carboxylic acids is 1. The fraction of sp³-hybridized carbons (Fsp3) is 0.500. The van der Waals surface area contributed by atoms with Crippen molar-refractivity contribution >= 4 is 37.6 Å². The minimum absolute atomic E-state index is 0.225.